The van der Waals surface area contributed by atoms with Gasteiger partial charge in [0.15, 0.2) is 0 Å². The van der Waals surface area contributed by atoms with Crippen molar-refractivity contribution >= 4 is 11.0 Å². The van der Waals surface area contributed by atoms with Gasteiger partial charge in [-0.2, -0.15) is 0 Å². The van der Waals surface area contributed by atoms with Crippen LogP contribution in [0.4, 0.5) is 0 Å². The molecule has 2 rings (SSSR count). The van der Waals surface area contributed by atoms with Gasteiger partial charge < -0.3 is 20.2 Å². The van der Waals surface area contributed by atoms with Crippen molar-refractivity contribution in [1.82, 2.24) is 9.97 Å². The number of aromatic nitrogens is 2. The zero-order valence-electron chi connectivity index (χ0n) is 10.1. The average molecular weight is 235 g/mol. The van der Waals surface area contributed by atoms with Crippen molar-refractivity contribution in [3.8, 4) is 5.75 Å². The molecule has 2 aromatic rings. The Morgan fingerprint density at radius 2 is 2.24 bits per heavy atom. The second-order valence-electron chi connectivity index (χ2n) is 3.89. The lowest BCUT2D eigenvalue weighted by Crippen LogP contribution is -2.14. The SMILES string of the molecule is COCCC(N)c1nc2ccc(OC)cc2[nH]1. The predicted molar refractivity (Wildman–Crippen MR) is 66.1 cm³/mol. The highest BCUT2D eigenvalue weighted by Crippen LogP contribution is 2.21. The van der Waals surface area contributed by atoms with Crippen molar-refractivity contribution < 1.29 is 9.47 Å². The summed E-state index contributed by atoms with van der Waals surface area (Å²) >= 11 is 0. The topological polar surface area (TPSA) is 73.2 Å². The molecule has 0 amide bonds. The van der Waals surface area contributed by atoms with Gasteiger partial charge in [-0.25, -0.2) is 4.98 Å². The van der Waals surface area contributed by atoms with E-state index in [-0.39, 0.29) is 6.04 Å². The third kappa shape index (κ3) is 2.57. The molecular weight excluding hydrogens is 218 g/mol. The third-order valence-electron chi connectivity index (χ3n) is 2.69. The van der Waals surface area contributed by atoms with E-state index in [4.69, 9.17) is 15.2 Å². The Labute approximate surface area is 99.9 Å². The van der Waals surface area contributed by atoms with E-state index in [9.17, 15) is 0 Å². The van der Waals surface area contributed by atoms with Crippen LogP contribution in [0, 0.1) is 0 Å². The quantitative estimate of drug-likeness (QED) is 0.825. The lowest BCUT2D eigenvalue weighted by molar-refractivity contribution is 0.187. The molecule has 0 aliphatic carbocycles. The van der Waals surface area contributed by atoms with Crippen LogP contribution in [0.15, 0.2) is 18.2 Å². The van der Waals surface area contributed by atoms with Gasteiger partial charge in [0.25, 0.3) is 0 Å². The summed E-state index contributed by atoms with van der Waals surface area (Å²) in [5.74, 6) is 1.59. The van der Waals surface area contributed by atoms with Gasteiger partial charge in [-0.05, 0) is 18.6 Å². The fourth-order valence-corrected chi connectivity index (χ4v) is 1.69. The van der Waals surface area contributed by atoms with Crippen LogP contribution in [0.2, 0.25) is 0 Å². The molecule has 0 saturated heterocycles. The number of rotatable bonds is 5. The number of H-pyrrole nitrogens is 1. The van der Waals surface area contributed by atoms with Crippen molar-refractivity contribution in [2.45, 2.75) is 12.5 Å². The molecule has 17 heavy (non-hydrogen) atoms. The molecule has 3 N–H and O–H groups in total. The summed E-state index contributed by atoms with van der Waals surface area (Å²) in [6.45, 7) is 0.627. The molecule has 92 valence electrons. The number of methoxy groups -OCH3 is 2. The number of hydrogen-bond donors (Lipinski definition) is 2. The first-order chi connectivity index (χ1) is 8.24. The number of fused-ring (bicyclic) bond motifs is 1. The number of ether oxygens (including phenoxy) is 2. The minimum Gasteiger partial charge on any atom is -0.497 e. The van der Waals surface area contributed by atoms with Gasteiger partial charge in [-0.15, -0.1) is 0 Å². The molecule has 1 heterocycles. The van der Waals surface area contributed by atoms with Crippen LogP contribution in [0.25, 0.3) is 11.0 Å². The van der Waals surface area contributed by atoms with E-state index in [1.54, 1.807) is 14.2 Å². The zero-order chi connectivity index (χ0) is 12.3. The van der Waals surface area contributed by atoms with E-state index in [2.05, 4.69) is 9.97 Å². The lowest BCUT2D eigenvalue weighted by atomic mass is 10.2. The first-order valence-electron chi connectivity index (χ1n) is 5.52. The standard InChI is InChI=1S/C12H17N3O2/c1-16-6-5-9(13)12-14-10-4-3-8(17-2)7-11(10)15-12/h3-4,7,9H,5-6,13H2,1-2H3,(H,14,15). The molecular formula is C12H17N3O2. The van der Waals surface area contributed by atoms with E-state index >= 15 is 0 Å². The second-order valence-corrected chi connectivity index (χ2v) is 3.89. The lowest BCUT2D eigenvalue weighted by Gasteiger charge is -2.06. The van der Waals surface area contributed by atoms with Crippen LogP contribution in [0.1, 0.15) is 18.3 Å². The maximum Gasteiger partial charge on any atom is 0.124 e. The highest BCUT2D eigenvalue weighted by molar-refractivity contribution is 5.76. The molecule has 5 heteroatoms. The molecule has 1 aromatic heterocycles. The van der Waals surface area contributed by atoms with Crippen LogP contribution in [0.5, 0.6) is 5.75 Å². The van der Waals surface area contributed by atoms with Crippen LogP contribution in [0.3, 0.4) is 0 Å². The molecule has 0 radical (unpaired) electrons. The van der Waals surface area contributed by atoms with Crippen molar-refractivity contribution in [2.75, 3.05) is 20.8 Å². The average Bonchev–Trinajstić information content (AvgIpc) is 2.78. The van der Waals surface area contributed by atoms with E-state index < -0.39 is 0 Å². The smallest absolute Gasteiger partial charge is 0.124 e. The van der Waals surface area contributed by atoms with Gasteiger partial charge in [0, 0.05) is 19.8 Å². The van der Waals surface area contributed by atoms with Gasteiger partial charge in [0.05, 0.1) is 24.2 Å². The van der Waals surface area contributed by atoms with Gasteiger partial charge in [-0.3, -0.25) is 0 Å². The number of benzene rings is 1. The summed E-state index contributed by atoms with van der Waals surface area (Å²) in [6.07, 6.45) is 0.744. The highest BCUT2D eigenvalue weighted by Gasteiger charge is 2.11. The van der Waals surface area contributed by atoms with Crippen molar-refractivity contribution in [2.24, 2.45) is 5.73 Å². The summed E-state index contributed by atoms with van der Waals surface area (Å²) in [5, 5.41) is 0. The molecule has 0 fully saturated rings. The number of nitrogens with one attached hydrogen (secondary N) is 1. The van der Waals surface area contributed by atoms with Crippen molar-refractivity contribution in [1.29, 1.82) is 0 Å². The molecule has 1 unspecified atom stereocenters. The maximum atomic E-state index is 6.01. The van der Waals surface area contributed by atoms with Crippen LogP contribution >= 0.6 is 0 Å². The number of nitrogens with zero attached hydrogens (tertiary/aromatic N) is 1. The second kappa shape index (κ2) is 5.16. The largest absolute Gasteiger partial charge is 0.497 e. The van der Waals surface area contributed by atoms with Gasteiger partial charge >= 0.3 is 0 Å². The molecule has 0 bridgehead atoms. The number of aromatic amines is 1. The fourth-order valence-electron chi connectivity index (χ4n) is 1.69. The number of imidazole rings is 1. The van der Waals surface area contributed by atoms with Crippen molar-refractivity contribution in [3.63, 3.8) is 0 Å². The minimum atomic E-state index is -0.131. The predicted octanol–water partition coefficient (Wildman–Crippen LogP) is 1.61. The number of nitrogens with two attached hydrogens (primary N) is 1. The van der Waals surface area contributed by atoms with E-state index in [1.807, 2.05) is 18.2 Å². The first-order valence-corrected chi connectivity index (χ1v) is 5.52. The molecule has 0 saturated carbocycles. The third-order valence-corrected chi connectivity index (χ3v) is 2.69. The summed E-state index contributed by atoms with van der Waals surface area (Å²) in [7, 11) is 3.30. The van der Waals surface area contributed by atoms with Gasteiger partial charge in [-0.1, -0.05) is 0 Å². The minimum absolute atomic E-state index is 0.131. The van der Waals surface area contributed by atoms with Crippen molar-refractivity contribution in [3.05, 3.63) is 24.0 Å². The normalized spacial score (nSPS) is 12.9. The van der Waals surface area contributed by atoms with Crippen LogP contribution < -0.4 is 10.5 Å². The Morgan fingerprint density at radius 3 is 2.94 bits per heavy atom. The highest BCUT2D eigenvalue weighted by atomic mass is 16.5. The molecule has 5 nitrogen and oxygen atoms in total. The summed E-state index contributed by atoms with van der Waals surface area (Å²) in [6, 6.07) is 5.58. The Kier molecular flexibility index (Phi) is 3.61. The van der Waals surface area contributed by atoms with E-state index in [0.717, 1.165) is 29.0 Å². The summed E-state index contributed by atoms with van der Waals surface area (Å²) < 4.78 is 10.2. The van der Waals surface area contributed by atoms with Crippen LogP contribution in [-0.4, -0.2) is 30.8 Å². The molecule has 0 aliphatic rings. The van der Waals surface area contributed by atoms with E-state index in [1.165, 1.54) is 0 Å². The monoisotopic (exact) mass is 235 g/mol. The Balaban J connectivity index is 2.24. The molecule has 1 aromatic carbocycles. The Morgan fingerprint density at radius 1 is 1.41 bits per heavy atom. The van der Waals surface area contributed by atoms with Crippen LogP contribution in [-0.2, 0) is 4.74 Å². The van der Waals surface area contributed by atoms with Gasteiger partial charge in [0.1, 0.15) is 11.6 Å². The molecule has 0 aliphatic heterocycles. The fraction of sp³-hybridized carbons (Fsp3) is 0.417. The van der Waals surface area contributed by atoms with E-state index in [0.29, 0.717) is 6.61 Å². The molecule has 0 spiro atoms. The first kappa shape index (κ1) is 11.9. The Bertz CT molecular complexity index is 495. The van der Waals surface area contributed by atoms with Gasteiger partial charge in [0.2, 0.25) is 0 Å². The maximum absolute atomic E-state index is 6.01. The summed E-state index contributed by atoms with van der Waals surface area (Å²) in [4.78, 5) is 7.66. The molecule has 1 atom stereocenters. The Hall–Kier alpha value is -1.59. The zero-order valence-corrected chi connectivity index (χ0v) is 10.1. The summed E-state index contributed by atoms with van der Waals surface area (Å²) in [5.41, 5.74) is 7.84. The number of hydrogen-bond acceptors (Lipinski definition) is 4.